The molecule has 1 aromatic rings. The van der Waals surface area contributed by atoms with Crippen LogP contribution in [0.25, 0.3) is 5.57 Å². The topological polar surface area (TPSA) is 20.3 Å². The molecule has 0 saturated carbocycles. The minimum absolute atomic E-state index is 0.113. The Kier molecular flexibility index (Phi) is 5.11. The highest BCUT2D eigenvalue weighted by Crippen LogP contribution is 2.28. The summed E-state index contributed by atoms with van der Waals surface area (Å²) in [6.07, 6.45) is 3.65. The number of hydrogen-bond acceptors (Lipinski definition) is 1. The molecule has 0 fully saturated rings. The number of benzene rings is 1. The Hall–Kier alpha value is -1.43. The monoisotopic (exact) mass is 307 g/mol. The Morgan fingerprint density at radius 3 is 2.85 bits per heavy atom. The summed E-state index contributed by atoms with van der Waals surface area (Å²) in [5.74, 6) is 5.36. The fourth-order valence-corrected chi connectivity index (χ4v) is 2.36. The van der Waals surface area contributed by atoms with Crippen molar-refractivity contribution in [1.82, 2.24) is 4.90 Å². The van der Waals surface area contributed by atoms with Gasteiger partial charge in [-0.2, -0.15) is 0 Å². The van der Waals surface area contributed by atoms with E-state index in [1.54, 1.807) is 11.0 Å². The summed E-state index contributed by atoms with van der Waals surface area (Å²) in [7, 11) is 0. The molecule has 104 valence electrons. The number of amides is 1. The van der Waals surface area contributed by atoms with Gasteiger partial charge in [0.25, 0.3) is 5.91 Å². The SMILES string of the molecule is CCC#CC(=O)N1CCC=C(c2ccc(Cl)c(Cl)c2)C1. The Bertz CT molecular complexity index is 611. The molecule has 1 aliphatic heterocycles. The van der Waals surface area contributed by atoms with Crippen LogP contribution in [0.4, 0.5) is 0 Å². The number of carbonyl (C=O) groups is 1. The number of halogens is 2. The highest BCUT2D eigenvalue weighted by molar-refractivity contribution is 6.42. The molecular weight excluding hydrogens is 293 g/mol. The van der Waals surface area contributed by atoms with E-state index in [0.717, 1.165) is 17.6 Å². The Morgan fingerprint density at radius 1 is 1.35 bits per heavy atom. The largest absolute Gasteiger partial charge is 0.327 e. The van der Waals surface area contributed by atoms with E-state index in [2.05, 4.69) is 17.9 Å². The van der Waals surface area contributed by atoms with Gasteiger partial charge in [-0.1, -0.05) is 48.2 Å². The van der Waals surface area contributed by atoms with Crippen molar-refractivity contribution in [3.63, 3.8) is 0 Å². The van der Waals surface area contributed by atoms with E-state index in [9.17, 15) is 4.79 Å². The third kappa shape index (κ3) is 3.56. The van der Waals surface area contributed by atoms with Gasteiger partial charge in [-0.25, -0.2) is 0 Å². The van der Waals surface area contributed by atoms with Crippen LogP contribution in [0.2, 0.25) is 10.0 Å². The van der Waals surface area contributed by atoms with Gasteiger partial charge in [-0.3, -0.25) is 4.79 Å². The van der Waals surface area contributed by atoms with Gasteiger partial charge in [0.05, 0.1) is 10.0 Å². The zero-order chi connectivity index (χ0) is 14.5. The van der Waals surface area contributed by atoms with Crippen molar-refractivity contribution >= 4 is 34.7 Å². The fraction of sp³-hybridized carbons (Fsp3) is 0.312. The first-order chi connectivity index (χ1) is 9.61. The van der Waals surface area contributed by atoms with Gasteiger partial charge in [0.2, 0.25) is 0 Å². The van der Waals surface area contributed by atoms with Crippen LogP contribution < -0.4 is 0 Å². The highest BCUT2D eigenvalue weighted by atomic mass is 35.5. The van der Waals surface area contributed by atoms with E-state index in [1.165, 1.54) is 0 Å². The van der Waals surface area contributed by atoms with Crippen molar-refractivity contribution in [3.05, 3.63) is 39.9 Å². The fourth-order valence-electron chi connectivity index (χ4n) is 2.07. The van der Waals surface area contributed by atoms with Crippen LogP contribution in [0, 0.1) is 11.8 Å². The molecule has 0 aromatic heterocycles. The maximum absolute atomic E-state index is 11.9. The lowest BCUT2D eigenvalue weighted by Gasteiger charge is -2.26. The van der Waals surface area contributed by atoms with E-state index < -0.39 is 0 Å². The summed E-state index contributed by atoms with van der Waals surface area (Å²) in [4.78, 5) is 13.7. The molecule has 2 nitrogen and oxygen atoms in total. The van der Waals surface area contributed by atoms with Gasteiger partial charge in [-0.05, 0) is 35.6 Å². The second kappa shape index (κ2) is 6.83. The van der Waals surface area contributed by atoms with Crippen LogP contribution in [-0.4, -0.2) is 23.9 Å². The number of carbonyl (C=O) groups excluding carboxylic acids is 1. The van der Waals surface area contributed by atoms with E-state index in [4.69, 9.17) is 23.2 Å². The molecule has 0 aliphatic carbocycles. The third-order valence-electron chi connectivity index (χ3n) is 3.10. The lowest BCUT2D eigenvalue weighted by Crippen LogP contribution is -2.34. The molecule has 1 aromatic carbocycles. The van der Waals surface area contributed by atoms with Gasteiger partial charge in [-0.15, -0.1) is 0 Å². The van der Waals surface area contributed by atoms with E-state index in [-0.39, 0.29) is 5.91 Å². The van der Waals surface area contributed by atoms with Gasteiger partial charge in [0, 0.05) is 19.5 Å². The molecule has 2 rings (SSSR count). The maximum atomic E-state index is 11.9. The maximum Gasteiger partial charge on any atom is 0.298 e. The van der Waals surface area contributed by atoms with Crippen molar-refractivity contribution in [2.75, 3.05) is 13.1 Å². The molecule has 0 atom stereocenters. The zero-order valence-corrected chi connectivity index (χ0v) is 12.8. The number of nitrogens with zero attached hydrogens (tertiary/aromatic N) is 1. The summed E-state index contributed by atoms with van der Waals surface area (Å²) >= 11 is 12.0. The minimum atomic E-state index is -0.113. The number of rotatable bonds is 1. The molecule has 0 N–H and O–H groups in total. The van der Waals surface area contributed by atoms with E-state index in [0.29, 0.717) is 29.6 Å². The standard InChI is InChI=1S/C16H15Cl2NO/c1-2-3-6-16(20)19-9-4-5-13(11-19)12-7-8-14(17)15(18)10-12/h5,7-8,10H,2,4,9,11H2,1H3. The van der Waals surface area contributed by atoms with E-state index in [1.807, 2.05) is 19.1 Å². The molecule has 20 heavy (non-hydrogen) atoms. The molecule has 1 amide bonds. The van der Waals surface area contributed by atoms with Crippen LogP contribution >= 0.6 is 23.2 Å². The molecule has 1 heterocycles. The van der Waals surface area contributed by atoms with Crippen LogP contribution in [0.1, 0.15) is 25.3 Å². The lowest BCUT2D eigenvalue weighted by atomic mass is 10.0. The van der Waals surface area contributed by atoms with Crippen molar-refractivity contribution in [1.29, 1.82) is 0 Å². The Balaban J connectivity index is 2.16. The molecule has 0 bridgehead atoms. The first kappa shape index (κ1) is 15.0. The van der Waals surface area contributed by atoms with Crippen LogP contribution in [0.5, 0.6) is 0 Å². The molecule has 1 aliphatic rings. The predicted molar refractivity (Wildman–Crippen MR) is 83.7 cm³/mol. The smallest absolute Gasteiger partial charge is 0.298 e. The summed E-state index contributed by atoms with van der Waals surface area (Å²) in [6, 6.07) is 5.53. The second-order valence-corrected chi connectivity index (χ2v) is 5.34. The van der Waals surface area contributed by atoms with Gasteiger partial charge < -0.3 is 4.90 Å². The minimum Gasteiger partial charge on any atom is -0.327 e. The van der Waals surface area contributed by atoms with Gasteiger partial charge >= 0.3 is 0 Å². The molecule has 0 radical (unpaired) electrons. The van der Waals surface area contributed by atoms with E-state index >= 15 is 0 Å². The average molecular weight is 308 g/mol. The molecule has 0 unspecified atom stereocenters. The summed E-state index contributed by atoms with van der Waals surface area (Å²) < 4.78 is 0. The quantitative estimate of drug-likeness (QED) is 0.718. The Morgan fingerprint density at radius 2 is 2.15 bits per heavy atom. The summed E-state index contributed by atoms with van der Waals surface area (Å²) in [5, 5.41) is 1.06. The van der Waals surface area contributed by atoms with Gasteiger partial charge in [0.15, 0.2) is 0 Å². The molecular formula is C16H15Cl2NO. The average Bonchev–Trinajstić information content (AvgIpc) is 2.47. The molecule has 4 heteroatoms. The van der Waals surface area contributed by atoms with Crippen LogP contribution in [0.3, 0.4) is 0 Å². The lowest BCUT2D eigenvalue weighted by molar-refractivity contribution is -0.124. The third-order valence-corrected chi connectivity index (χ3v) is 3.84. The predicted octanol–water partition coefficient (Wildman–Crippen LogP) is 4.02. The normalized spacial score (nSPS) is 14.3. The summed E-state index contributed by atoms with van der Waals surface area (Å²) in [5.41, 5.74) is 2.09. The first-order valence-corrected chi connectivity index (χ1v) is 7.29. The molecule has 0 spiro atoms. The van der Waals surface area contributed by atoms with Crippen molar-refractivity contribution in [2.24, 2.45) is 0 Å². The van der Waals surface area contributed by atoms with Crippen LogP contribution in [-0.2, 0) is 4.79 Å². The van der Waals surface area contributed by atoms with Crippen LogP contribution in [0.15, 0.2) is 24.3 Å². The Labute approximate surface area is 129 Å². The van der Waals surface area contributed by atoms with Crippen molar-refractivity contribution in [2.45, 2.75) is 19.8 Å². The zero-order valence-electron chi connectivity index (χ0n) is 11.2. The first-order valence-electron chi connectivity index (χ1n) is 6.54. The number of hydrogen-bond donors (Lipinski definition) is 0. The highest BCUT2D eigenvalue weighted by Gasteiger charge is 2.18. The van der Waals surface area contributed by atoms with Crippen molar-refractivity contribution < 1.29 is 4.79 Å². The second-order valence-electron chi connectivity index (χ2n) is 4.53. The van der Waals surface area contributed by atoms with Gasteiger partial charge in [0.1, 0.15) is 0 Å². The molecule has 0 saturated heterocycles. The van der Waals surface area contributed by atoms with Crippen molar-refractivity contribution in [3.8, 4) is 11.8 Å². The summed E-state index contributed by atoms with van der Waals surface area (Å²) in [6.45, 7) is 3.20.